The number of carbonyl (C=O) groups excluding carboxylic acids is 1. The second kappa shape index (κ2) is 6.20. The lowest BCUT2D eigenvalue weighted by Gasteiger charge is -2.22. The quantitative estimate of drug-likeness (QED) is 0.796. The van der Waals surface area contributed by atoms with Crippen molar-refractivity contribution in [3.8, 4) is 5.69 Å². The van der Waals surface area contributed by atoms with E-state index in [2.05, 4.69) is 15.4 Å². The molecule has 1 aliphatic rings. The lowest BCUT2D eigenvalue weighted by atomic mass is 9.97. The summed E-state index contributed by atoms with van der Waals surface area (Å²) in [5.74, 6) is -0.0625. The zero-order valence-electron chi connectivity index (χ0n) is 13.4. The number of rotatable bonds is 3. The molecule has 1 aliphatic carbocycles. The van der Waals surface area contributed by atoms with Gasteiger partial charge in [-0.25, -0.2) is 9.67 Å². The minimum Gasteiger partial charge on any atom is -0.344 e. The first kappa shape index (κ1) is 15.1. The molecule has 122 valence electrons. The molecular weight excluding hydrogens is 320 g/mol. The summed E-state index contributed by atoms with van der Waals surface area (Å²) in [5, 5.41) is 8.44. The Morgan fingerprint density at radius 1 is 1.38 bits per heavy atom. The summed E-state index contributed by atoms with van der Waals surface area (Å²) in [4.78, 5) is 18.6. The average Bonchev–Trinajstić information content (AvgIpc) is 3.24. The number of hydrogen-bond donors (Lipinski definition) is 1. The number of amides is 1. The maximum atomic E-state index is 12.7. The van der Waals surface area contributed by atoms with Crippen molar-refractivity contribution in [3.05, 3.63) is 63.9 Å². The van der Waals surface area contributed by atoms with Crippen LogP contribution < -0.4 is 5.32 Å². The monoisotopic (exact) mass is 338 g/mol. The maximum Gasteiger partial charge on any atom is 0.251 e. The summed E-state index contributed by atoms with van der Waals surface area (Å²) in [6, 6.07) is 9.38. The van der Waals surface area contributed by atoms with Crippen LogP contribution in [0, 0.1) is 6.92 Å². The van der Waals surface area contributed by atoms with Crippen LogP contribution in [0.2, 0.25) is 0 Å². The molecule has 1 unspecified atom stereocenters. The molecule has 1 aromatic carbocycles. The summed E-state index contributed by atoms with van der Waals surface area (Å²) < 4.78 is 1.75. The highest BCUT2D eigenvalue weighted by Gasteiger charge is 2.25. The highest BCUT2D eigenvalue weighted by Crippen LogP contribution is 2.33. The maximum absolute atomic E-state index is 12.7. The molecule has 1 amide bonds. The molecule has 0 radical (unpaired) electrons. The van der Waals surface area contributed by atoms with E-state index in [1.165, 1.54) is 4.88 Å². The molecule has 2 heterocycles. The van der Waals surface area contributed by atoms with Crippen LogP contribution in [0.4, 0.5) is 0 Å². The van der Waals surface area contributed by atoms with Crippen molar-refractivity contribution in [1.29, 1.82) is 0 Å². The van der Waals surface area contributed by atoms with Gasteiger partial charge >= 0.3 is 0 Å². The van der Waals surface area contributed by atoms with Gasteiger partial charge < -0.3 is 5.32 Å². The second-order valence-electron chi connectivity index (χ2n) is 5.96. The fourth-order valence-electron chi connectivity index (χ4n) is 3.13. The minimum atomic E-state index is -0.0625. The molecule has 24 heavy (non-hydrogen) atoms. The smallest absolute Gasteiger partial charge is 0.251 e. The summed E-state index contributed by atoms with van der Waals surface area (Å²) in [6.45, 7) is 2.02. The number of aryl methyl sites for hydroxylation is 2. The lowest BCUT2D eigenvalue weighted by molar-refractivity contribution is 0.0932. The second-order valence-corrected chi connectivity index (χ2v) is 7.25. The van der Waals surface area contributed by atoms with Gasteiger partial charge in [0.25, 0.3) is 5.91 Å². The van der Waals surface area contributed by atoms with Gasteiger partial charge in [0.1, 0.15) is 0 Å². The van der Waals surface area contributed by atoms with E-state index in [0.29, 0.717) is 5.56 Å². The Balaban J connectivity index is 1.56. The van der Waals surface area contributed by atoms with E-state index in [1.54, 1.807) is 22.2 Å². The molecule has 0 bridgehead atoms. The Bertz CT molecular complexity index is 869. The molecule has 1 N–H and O–H groups in total. The van der Waals surface area contributed by atoms with Gasteiger partial charge in [0.2, 0.25) is 0 Å². The average molecular weight is 338 g/mol. The molecule has 0 spiro atoms. The van der Waals surface area contributed by atoms with Crippen LogP contribution in [0.1, 0.15) is 44.8 Å². The van der Waals surface area contributed by atoms with Gasteiger partial charge in [0.15, 0.2) is 0 Å². The molecule has 4 rings (SSSR count). The van der Waals surface area contributed by atoms with Crippen molar-refractivity contribution in [3.63, 3.8) is 0 Å². The predicted molar refractivity (Wildman–Crippen MR) is 93.6 cm³/mol. The van der Waals surface area contributed by atoms with Crippen molar-refractivity contribution in [2.75, 3.05) is 0 Å². The third-order valence-electron chi connectivity index (χ3n) is 4.24. The molecule has 2 aromatic heterocycles. The Morgan fingerprint density at radius 3 is 3.12 bits per heavy atom. The molecule has 0 saturated heterocycles. The lowest BCUT2D eigenvalue weighted by Crippen LogP contribution is -2.31. The molecular formula is C18H18N4OS. The zero-order valence-corrected chi connectivity index (χ0v) is 14.2. The van der Waals surface area contributed by atoms with Crippen LogP contribution >= 0.6 is 11.3 Å². The Labute approximate surface area is 144 Å². The Hall–Kier alpha value is -2.47. The molecule has 5 nitrogen and oxygen atoms in total. The van der Waals surface area contributed by atoms with Crippen LogP contribution in [-0.4, -0.2) is 20.7 Å². The van der Waals surface area contributed by atoms with E-state index in [0.717, 1.165) is 35.7 Å². The first-order valence-electron chi connectivity index (χ1n) is 8.08. The topological polar surface area (TPSA) is 59.8 Å². The normalized spacial score (nSPS) is 16.6. The van der Waals surface area contributed by atoms with E-state index in [9.17, 15) is 4.79 Å². The number of benzene rings is 1. The van der Waals surface area contributed by atoms with Gasteiger partial charge in [-0.1, -0.05) is 6.07 Å². The summed E-state index contributed by atoms with van der Waals surface area (Å²) in [5.41, 5.74) is 2.57. The minimum absolute atomic E-state index is 0.0135. The number of nitrogens with zero attached hydrogens (tertiary/aromatic N) is 3. The van der Waals surface area contributed by atoms with Crippen LogP contribution in [0.3, 0.4) is 0 Å². The Kier molecular flexibility index (Phi) is 3.90. The third-order valence-corrected chi connectivity index (χ3v) is 5.29. The van der Waals surface area contributed by atoms with Gasteiger partial charge in [0, 0.05) is 22.8 Å². The van der Waals surface area contributed by atoms with Crippen LogP contribution in [0.15, 0.2) is 42.7 Å². The van der Waals surface area contributed by atoms with Crippen molar-refractivity contribution in [2.24, 2.45) is 0 Å². The van der Waals surface area contributed by atoms with Crippen LogP contribution in [-0.2, 0) is 6.42 Å². The molecule has 1 atom stereocenters. The highest BCUT2D eigenvalue weighted by atomic mass is 32.1. The first-order valence-corrected chi connectivity index (χ1v) is 8.89. The van der Waals surface area contributed by atoms with Crippen LogP contribution in [0.5, 0.6) is 0 Å². The van der Waals surface area contributed by atoms with Crippen molar-refractivity contribution >= 4 is 17.2 Å². The molecule has 0 fully saturated rings. The van der Waals surface area contributed by atoms with E-state index in [4.69, 9.17) is 0 Å². The summed E-state index contributed by atoms with van der Waals surface area (Å²) in [6.07, 6.45) is 6.69. The van der Waals surface area contributed by atoms with Gasteiger partial charge in [-0.05, 0) is 50.5 Å². The standard InChI is InChI=1S/C18H18N4OS/c1-12-20-17-15(7-3-8-16(17)24-12)21-18(23)13-5-2-6-14(11-13)22-10-4-9-19-22/h2,4-6,9-11,15H,3,7-8H2,1H3,(H,21,23). The molecule has 0 saturated carbocycles. The number of nitrogens with one attached hydrogen (secondary N) is 1. The van der Waals surface area contributed by atoms with Crippen molar-refractivity contribution in [1.82, 2.24) is 20.1 Å². The van der Waals surface area contributed by atoms with Gasteiger partial charge in [-0.3, -0.25) is 4.79 Å². The summed E-state index contributed by atoms with van der Waals surface area (Å²) >= 11 is 1.74. The summed E-state index contributed by atoms with van der Waals surface area (Å²) in [7, 11) is 0. The molecule has 6 heteroatoms. The van der Waals surface area contributed by atoms with E-state index in [1.807, 2.05) is 43.5 Å². The SMILES string of the molecule is Cc1nc2c(s1)CCCC2NC(=O)c1cccc(-n2cccn2)c1. The Morgan fingerprint density at radius 2 is 2.29 bits per heavy atom. The number of carbonyl (C=O) groups is 1. The van der Waals surface area contributed by atoms with Crippen LogP contribution in [0.25, 0.3) is 5.69 Å². The first-order chi connectivity index (χ1) is 11.7. The number of hydrogen-bond acceptors (Lipinski definition) is 4. The van der Waals surface area contributed by atoms with Crippen molar-refractivity contribution in [2.45, 2.75) is 32.2 Å². The van der Waals surface area contributed by atoms with Gasteiger partial charge in [-0.2, -0.15) is 5.10 Å². The van der Waals surface area contributed by atoms with Crippen molar-refractivity contribution < 1.29 is 4.79 Å². The number of fused-ring (bicyclic) bond motifs is 1. The fraction of sp³-hybridized carbons (Fsp3) is 0.278. The van der Waals surface area contributed by atoms with E-state index >= 15 is 0 Å². The third kappa shape index (κ3) is 2.85. The predicted octanol–water partition coefficient (Wildman–Crippen LogP) is 3.44. The fourth-order valence-corrected chi connectivity index (χ4v) is 4.17. The highest BCUT2D eigenvalue weighted by molar-refractivity contribution is 7.11. The molecule has 3 aromatic rings. The van der Waals surface area contributed by atoms with E-state index < -0.39 is 0 Å². The number of aromatic nitrogens is 3. The molecule has 0 aliphatic heterocycles. The largest absolute Gasteiger partial charge is 0.344 e. The van der Waals surface area contributed by atoms with E-state index in [-0.39, 0.29) is 11.9 Å². The van der Waals surface area contributed by atoms with Gasteiger partial charge in [-0.15, -0.1) is 11.3 Å². The van der Waals surface area contributed by atoms with Gasteiger partial charge in [0.05, 0.1) is 22.4 Å². The number of thiazole rings is 1. The zero-order chi connectivity index (χ0) is 16.5.